The molecular formula is C15H23F3N2O3. The molecule has 3 rings (SSSR count). The van der Waals surface area contributed by atoms with Gasteiger partial charge in [-0.15, -0.1) is 0 Å². The molecule has 132 valence electrons. The summed E-state index contributed by atoms with van der Waals surface area (Å²) in [5.41, 5.74) is -2.76. The molecule has 3 saturated heterocycles. The second kappa shape index (κ2) is 6.22. The summed E-state index contributed by atoms with van der Waals surface area (Å²) in [5, 5.41) is 9.76. The maximum atomic E-state index is 12.9. The summed E-state index contributed by atoms with van der Waals surface area (Å²) >= 11 is 0. The number of likely N-dealkylation sites (tertiary alicyclic amines) is 2. The van der Waals surface area contributed by atoms with Gasteiger partial charge in [-0.1, -0.05) is 0 Å². The third-order valence-corrected chi connectivity index (χ3v) is 5.33. The first-order chi connectivity index (χ1) is 10.8. The van der Waals surface area contributed by atoms with Crippen molar-refractivity contribution in [2.75, 3.05) is 32.8 Å². The number of hydrogen-bond acceptors (Lipinski definition) is 4. The molecule has 0 spiro atoms. The molecular weight excluding hydrogens is 313 g/mol. The van der Waals surface area contributed by atoms with Crippen LogP contribution < -0.4 is 0 Å². The maximum Gasteiger partial charge on any atom is 0.419 e. The Hall–Kier alpha value is -0.860. The molecule has 3 aliphatic rings. The van der Waals surface area contributed by atoms with Crippen molar-refractivity contribution in [3.8, 4) is 0 Å². The van der Waals surface area contributed by atoms with Gasteiger partial charge >= 0.3 is 6.18 Å². The lowest BCUT2D eigenvalue weighted by Crippen LogP contribution is -2.52. The molecule has 8 heteroatoms. The van der Waals surface area contributed by atoms with Crippen molar-refractivity contribution in [1.82, 2.24) is 9.80 Å². The topological polar surface area (TPSA) is 53.0 Å². The SMILES string of the molecule is O=C([C@@H]1CCCN1C1CCOCC1)N1CC[C@](O)(C(F)(F)F)C1. The molecule has 0 saturated carbocycles. The van der Waals surface area contributed by atoms with E-state index in [1.165, 1.54) is 4.90 Å². The fourth-order valence-electron chi connectivity index (χ4n) is 3.93. The van der Waals surface area contributed by atoms with E-state index < -0.39 is 24.7 Å². The number of aliphatic hydroxyl groups is 1. The molecule has 0 bridgehead atoms. The first-order valence-electron chi connectivity index (χ1n) is 8.23. The first-order valence-corrected chi connectivity index (χ1v) is 8.23. The second-order valence-corrected chi connectivity index (χ2v) is 6.78. The number of carbonyl (C=O) groups excluding carboxylic acids is 1. The normalized spacial score (nSPS) is 34.3. The molecule has 0 aromatic carbocycles. The van der Waals surface area contributed by atoms with Gasteiger partial charge < -0.3 is 14.7 Å². The van der Waals surface area contributed by atoms with Crippen molar-refractivity contribution >= 4 is 5.91 Å². The van der Waals surface area contributed by atoms with Gasteiger partial charge in [0.25, 0.3) is 0 Å². The minimum absolute atomic E-state index is 0.0348. The quantitative estimate of drug-likeness (QED) is 0.822. The molecule has 3 aliphatic heterocycles. The number of β-amino-alcohol motifs (C(OH)–C–C–N with tert-alkyl or cyclic N) is 1. The minimum atomic E-state index is -4.70. The Balaban J connectivity index is 1.66. The Bertz CT molecular complexity index is 454. The monoisotopic (exact) mass is 336 g/mol. The molecule has 3 heterocycles. The van der Waals surface area contributed by atoms with Crippen molar-refractivity contribution in [1.29, 1.82) is 0 Å². The minimum Gasteiger partial charge on any atom is -0.381 e. The average molecular weight is 336 g/mol. The lowest BCUT2D eigenvalue weighted by Gasteiger charge is -2.36. The van der Waals surface area contributed by atoms with Crippen LogP contribution in [0.4, 0.5) is 13.2 Å². The van der Waals surface area contributed by atoms with Crippen LogP contribution in [-0.2, 0) is 9.53 Å². The second-order valence-electron chi connectivity index (χ2n) is 6.78. The molecule has 0 aromatic heterocycles. The lowest BCUT2D eigenvalue weighted by atomic mass is 10.0. The van der Waals surface area contributed by atoms with E-state index in [1.54, 1.807) is 0 Å². The molecule has 5 nitrogen and oxygen atoms in total. The van der Waals surface area contributed by atoms with Crippen molar-refractivity contribution in [2.45, 2.75) is 56.0 Å². The summed E-state index contributed by atoms with van der Waals surface area (Å²) in [6, 6.07) is -0.0852. The van der Waals surface area contributed by atoms with Crippen LogP contribution in [0.5, 0.6) is 0 Å². The van der Waals surface area contributed by atoms with E-state index in [-0.39, 0.29) is 24.5 Å². The molecule has 0 aliphatic carbocycles. The van der Waals surface area contributed by atoms with Crippen molar-refractivity contribution in [3.05, 3.63) is 0 Å². The maximum absolute atomic E-state index is 12.9. The van der Waals surface area contributed by atoms with Crippen LogP contribution in [0.3, 0.4) is 0 Å². The van der Waals surface area contributed by atoms with E-state index in [0.717, 1.165) is 25.8 Å². The standard InChI is InChI=1S/C15H23F3N2O3/c16-15(17,18)14(22)5-7-19(10-14)13(21)12-2-1-6-20(12)11-3-8-23-9-4-11/h11-12,22H,1-10H2/t12-,14+/m0/s1. The van der Waals surface area contributed by atoms with Crippen LogP contribution in [0.2, 0.25) is 0 Å². The summed E-state index contributed by atoms with van der Waals surface area (Å²) in [6.45, 7) is 1.46. The number of rotatable bonds is 2. The largest absolute Gasteiger partial charge is 0.419 e. The fourth-order valence-corrected chi connectivity index (χ4v) is 3.93. The number of ether oxygens (including phenoxy) is 1. The molecule has 0 aromatic rings. The van der Waals surface area contributed by atoms with E-state index in [2.05, 4.69) is 4.90 Å². The van der Waals surface area contributed by atoms with Crippen LogP contribution in [0, 0.1) is 0 Å². The number of amides is 1. The number of carbonyl (C=O) groups is 1. The number of hydrogen-bond donors (Lipinski definition) is 1. The van der Waals surface area contributed by atoms with Crippen molar-refractivity contribution in [2.24, 2.45) is 0 Å². The highest BCUT2D eigenvalue weighted by atomic mass is 19.4. The van der Waals surface area contributed by atoms with Crippen molar-refractivity contribution < 1.29 is 27.8 Å². The van der Waals surface area contributed by atoms with E-state index in [0.29, 0.717) is 19.6 Å². The Labute approximate surface area is 133 Å². The first kappa shape index (κ1) is 17.0. The summed E-state index contributed by atoms with van der Waals surface area (Å²) < 4.78 is 44.1. The zero-order valence-corrected chi connectivity index (χ0v) is 13.0. The summed E-state index contributed by atoms with van der Waals surface area (Å²) in [6.07, 6.45) is -1.86. The molecule has 0 radical (unpaired) electrons. The highest BCUT2D eigenvalue weighted by Gasteiger charge is 2.58. The molecule has 1 N–H and O–H groups in total. The van der Waals surface area contributed by atoms with Gasteiger partial charge in [-0.05, 0) is 32.2 Å². The highest BCUT2D eigenvalue weighted by molar-refractivity contribution is 5.82. The van der Waals surface area contributed by atoms with Gasteiger partial charge in [-0.3, -0.25) is 9.69 Å². The smallest absolute Gasteiger partial charge is 0.381 e. The molecule has 0 unspecified atom stereocenters. The molecule has 2 atom stereocenters. The van der Waals surface area contributed by atoms with Gasteiger partial charge in [-0.2, -0.15) is 13.2 Å². The third-order valence-electron chi connectivity index (χ3n) is 5.33. The summed E-state index contributed by atoms with van der Waals surface area (Å²) in [7, 11) is 0. The van der Waals surface area contributed by atoms with E-state index in [1.807, 2.05) is 0 Å². The Kier molecular flexibility index (Phi) is 4.59. The lowest BCUT2D eigenvalue weighted by molar-refractivity contribution is -0.253. The number of alkyl halides is 3. The molecule has 1 amide bonds. The van der Waals surface area contributed by atoms with Gasteiger partial charge in [0.05, 0.1) is 12.6 Å². The van der Waals surface area contributed by atoms with Crippen LogP contribution in [0.15, 0.2) is 0 Å². The molecule has 23 heavy (non-hydrogen) atoms. The average Bonchev–Trinajstić information content (AvgIpc) is 3.14. The van der Waals surface area contributed by atoms with Crippen LogP contribution in [-0.4, -0.2) is 77.5 Å². The summed E-state index contributed by atoms with van der Waals surface area (Å²) in [4.78, 5) is 16.0. The van der Waals surface area contributed by atoms with Crippen LogP contribution >= 0.6 is 0 Å². The van der Waals surface area contributed by atoms with E-state index in [9.17, 15) is 23.1 Å². The van der Waals surface area contributed by atoms with E-state index >= 15 is 0 Å². The van der Waals surface area contributed by atoms with Gasteiger partial charge in [0.2, 0.25) is 5.91 Å². The third kappa shape index (κ3) is 3.21. The Morgan fingerprint density at radius 1 is 1.17 bits per heavy atom. The van der Waals surface area contributed by atoms with Gasteiger partial charge in [0, 0.05) is 32.2 Å². The van der Waals surface area contributed by atoms with Gasteiger partial charge in [0.15, 0.2) is 5.60 Å². The zero-order valence-electron chi connectivity index (χ0n) is 13.0. The number of halogens is 3. The van der Waals surface area contributed by atoms with Crippen LogP contribution in [0.25, 0.3) is 0 Å². The van der Waals surface area contributed by atoms with E-state index in [4.69, 9.17) is 4.74 Å². The number of nitrogens with zero attached hydrogens (tertiary/aromatic N) is 2. The van der Waals surface area contributed by atoms with Gasteiger partial charge in [0.1, 0.15) is 0 Å². The predicted molar refractivity (Wildman–Crippen MR) is 75.8 cm³/mol. The fraction of sp³-hybridized carbons (Fsp3) is 0.933. The molecule has 3 fully saturated rings. The Morgan fingerprint density at radius 2 is 1.87 bits per heavy atom. The predicted octanol–water partition coefficient (Wildman–Crippen LogP) is 1.16. The summed E-state index contributed by atoms with van der Waals surface area (Å²) in [5.74, 6) is -0.269. The van der Waals surface area contributed by atoms with Crippen LogP contribution in [0.1, 0.15) is 32.1 Å². The Morgan fingerprint density at radius 3 is 2.48 bits per heavy atom. The zero-order chi connectivity index (χ0) is 16.7. The highest BCUT2D eigenvalue weighted by Crippen LogP contribution is 2.38. The van der Waals surface area contributed by atoms with Gasteiger partial charge in [-0.25, -0.2) is 0 Å². The van der Waals surface area contributed by atoms with Crippen molar-refractivity contribution in [3.63, 3.8) is 0 Å².